The van der Waals surface area contributed by atoms with Crippen molar-refractivity contribution < 1.29 is 13.2 Å². The number of fused-ring (bicyclic) bond motifs is 2. The van der Waals surface area contributed by atoms with Gasteiger partial charge in [0.2, 0.25) is 0 Å². The summed E-state index contributed by atoms with van der Waals surface area (Å²) in [6.45, 7) is 0. The number of hydrogen-bond acceptors (Lipinski definition) is 4. The zero-order valence-electron chi connectivity index (χ0n) is 9.26. The first-order valence-corrected chi connectivity index (χ1v) is 7.51. The molecule has 0 aromatic heterocycles. The molecule has 4 rings (SSSR count). The van der Waals surface area contributed by atoms with Gasteiger partial charge < -0.3 is 0 Å². The Morgan fingerprint density at radius 2 is 1.22 bits per heavy atom. The maximum absolute atomic E-state index is 15.3. The Morgan fingerprint density at radius 3 is 1.67 bits per heavy atom. The molecule has 2 N–H and O–H groups in total. The summed E-state index contributed by atoms with van der Waals surface area (Å²) in [4.78, 5) is 0. The van der Waals surface area contributed by atoms with Crippen molar-refractivity contribution >= 4 is 19.0 Å². The first-order chi connectivity index (χ1) is 8.64. The molecule has 0 amide bonds. The average Bonchev–Trinajstić information content (AvgIpc) is 2.81. The van der Waals surface area contributed by atoms with Gasteiger partial charge in [-0.2, -0.15) is 0 Å². The van der Waals surface area contributed by atoms with Crippen LogP contribution in [0.5, 0.6) is 11.5 Å². The molecule has 0 atom stereocenters. The maximum atomic E-state index is 15.3. The van der Waals surface area contributed by atoms with E-state index in [2.05, 4.69) is 10.2 Å². The van der Waals surface area contributed by atoms with Crippen LogP contribution in [-0.2, 0) is 0 Å². The normalized spacial score (nSPS) is 22.4. The van der Waals surface area contributed by atoms with Gasteiger partial charge in [-0.15, -0.1) is 0 Å². The molecule has 0 saturated carbocycles. The van der Waals surface area contributed by atoms with E-state index in [9.17, 15) is 0 Å². The Labute approximate surface area is 103 Å². The molecule has 0 fully saturated rings. The summed E-state index contributed by atoms with van der Waals surface area (Å²) in [5.41, 5.74) is 1.19. The minimum atomic E-state index is -4.56. The topological polar surface area (TPSA) is 42.5 Å². The first kappa shape index (κ1) is 9.97. The summed E-state index contributed by atoms with van der Waals surface area (Å²) < 4.78 is 26.2. The third kappa shape index (κ3) is 1.22. The third-order valence-corrected chi connectivity index (χ3v) is 5.20. The summed E-state index contributed by atoms with van der Waals surface area (Å²) >= 11 is 0. The van der Waals surface area contributed by atoms with Crippen LogP contribution >= 0.6 is 7.67 Å². The summed E-state index contributed by atoms with van der Waals surface area (Å²) in [7, 11) is -4.56. The zero-order chi connectivity index (χ0) is 12.2. The van der Waals surface area contributed by atoms with Crippen LogP contribution in [0.15, 0.2) is 48.5 Å². The molecule has 0 radical (unpaired) electrons. The molecule has 4 nitrogen and oxygen atoms in total. The standard InChI is InChI=1S/C12H10FN2O2P/c13-18(14-9-5-1-3-7-11(9)16-18)15-10-6-2-4-8-12(10)17-18/h1-8,14-15H. The van der Waals surface area contributed by atoms with Crippen molar-refractivity contribution in [2.45, 2.75) is 0 Å². The Kier molecular flexibility index (Phi) is 1.59. The number of anilines is 2. The van der Waals surface area contributed by atoms with Crippen molar-refractivity contribution in [2.75, 3.05) is 10.2 Å². The molecule has 0 unspecified atom stereocenters. The van der Waals surface area contributed by atoms with Crippen LogP contribution in [0.2, 0.25) is 0 Å². The first-order valence-electron chi connectivity index (χ1n) is 5.54. The van der Waals surface area contributed by atoms with Crippen LogP contribution in [0.1, 0.15) is 0 Å². The van der Waals surface area contributed by atoms with Gasteiger partial charge in [-0.1, -0.05) is 0 Å². The van der Waals surface area contributed by atoms with Gasteiger partial charge in [-0.3, -0.25) is 0 Å². The second-order valence-electron chi connectivity index (χ2n) is 4.26. The van der Waals surface area contributed by atoms with Crippen LogP contribution in [-0.4, -0.2) is 0 Å². The van der Waals surface area contributed by atoms with E-state index in [-0.39, 0.29) is 0 Å². The van der Waals surface area contributed by atoms with E-state index in [4.69, 9.17) is 9.05 Å². The molecule has 2 aromatic carbocycles. The summed E-state index contributed by atoms with van der Waals surface area (Å²) in [6, 6.07) is 14.1. The van der Waals surface area contributed by atoms with E-state index in [1.54, 1.807) is 36.4 Å². The molecule has 0 aliphatic carbocycles. The van der Waals surface area contributed by atoms with Gasteiger partial charge in [-0.05, 0) is 0 Å². The summed E-state index contributed by atoms with van der Waals surface area (Å²) in [6.07, 6.45) is 0. The van der Waals surface area contributed by atoms with Gasteiger partial charge in [0.25, 0.3) is 0 Å². The second kappa shape index (κ2) is 2.87. The fraction of sp³-hybridized carbons (Fsp3) is 0. The Balaban J connectivity index is 1.80. The summed E-state index contributed by atoms with van der Waals surface area (Å²) in [5.74, 6) is 0.913. The molecule has 92 valence electrons. The molecular formula is C12H10FN2O2P. The molecule has 6 heteroatoms. The van der Waals surface area contributed by atoms with Crippen molar-refractivity contribution in [1.29, 1.82) is 0 Å². The number of hydrogen-bond donors (Lipinski definition) is 2. The summed E-state index contributed by atoms with van der Waals surface area (Å²) in [5, 5.41) is 5.48. The van der Waals surface area contributed by atoms with Gasteiger partial charge in [0.15, 0.2) is 0 Å². The van der Waals surface area contributed by atoms with Crippen molar-refractivity contribution in [3.05, 3.63) is 48.5 Å². The number of nitrogens with one attached hydrogen (secondary N) is 2. The van der Waals surface area contributed by atoms with E-state index >= 15 is 4.20 Å². The van der Waals surface area contributed by atoms with E-state index in [0.717, 1.165) is 0 Å². The predicted octanol–water partition coefficient (Wildman–Crippen LogP) is 4.09. The molecule has 2 aliphatic heterocycles. The van der Waals surface area contributed by atoms with Gasteiger partial charge in [-0.25, -0.2) is 0 Å². The fourth-order valence-electron chi connectivity index (χ4n) is 2.17. The van der Waals surface area contributed by atoms with Crippen molar-refractivity contribution in [1.82, 2.24) is 0 Å². The van der Waals surface area contributed by atoms with E-state index in [1.165, 1.54) is 0 Å². The Hall–Kier alpha value is -2.00. The van der Waals surface area contributed by atoms with Gasteiger partial charge in [0.05, 0.1) is 0 Å². The van der Waals surface area contributed by atoms with E-state index < -0.39 is 7.67 Å². The zero-order valence-corrected chi connectivity index (χ0v) is 10.2. The number of benzene rings is 2. The molecule has 2 aliphatic rings. The molecule has 2 heterocycles. The SMILES string of the molecule is FP12(Nc3ccccc3O1)Nc1ccccc1O2. The molecule has 18 heavy (non-hydrogen) atoms. The fourth-order valence-corrected chi connectivity index (χ4v) is 4.66. The third-order valence-electron chi connectivity index (χ3n) is 2.92. The van der Waals surface area contributed by atoms with Gasteiger partial charge in [0, 0.05) is 0 Å². The van der Waals surface area contributed by atoms with Crippen LogP contribution < -0.4 is 19.2 Å². The number of halogens is 1. The number of rotatable bonds is 0. The van der Waals surface area contributed by atoms with E-state index in [0.29, 0.717) is 22.9 Å². The van der Waals surface area contributed by atoms with Crippen LogP contribution in [0.4, 0.5) is 15.6 Å². The molecule has 2 aromatic rings. The van der Waals surface area contributed by atoms with Crippen LogP contribution in [0.25, 0.3) is 0 Å². The monoisotopic (exact) mass is 264 g/mol. The molecule has 0 bridgehead atoms. The molecular weight excluding hydrogens is 254 g/mol. The Bertz CT molecular complexity index is 551. The predicted molar refractivity (Wildman–Crippen MR) is 69.4 cm³/mol. The van der Waals surface area contributed by atoms with Crippen molar-refractivity contribution in [3.8, 4) is 11.5 Å². The molecule has 0 saturated heterocycles. The van der Waals surface area contributed by atoms with Crippen LogP contribution in [0.3, 0.4) is 0 Å². The quantitative estimate of drug-likeness (QED) is 0.703. The van der Waals surface area contributed by atoms with Gasteiger partial charge in [0.1, 0.15) is 0 Å². The van der Waals surface area contributed by atoms with E-state index in [1.807, 2.05) is 12.1 Å². The number of para-hydroxylation sites is 4. The van der Waals surface area contributed by atoms with Crippen LogP contribution in [0, 0.1) is 0 Å². The molecule has 1 spiro atoms. The second-order valence-corrected chi connectivity index (χ2v) is 6.79. The Morgan fingerprint density at radius 1 is 0.778 bits per heavy atom. The van der Waals surface area contributed by atoms with Crippen molar-refractivity contribution in [3.63, 3.8) is 0 Å². The minimum absolute atomic E-state index is 0.456. The average molecular weight is 264 g/mol. The van der Waals surface area contributed by atoms with Crippen molar-refractivity contribution in [2.24, 2.45) is 0 Å². The van der Waals surface area contributed by atoms with Gasteiger partial charge >= 0.3 is 102 Å².